The number of rotatable bonds is 0. The first-order chi connectivity index (χ1) is 7.91. The first kappa shape index (κ1) is 13.0. The molecule has 0 amide bonds. The maximum absolute atomic E-state index is 5.86. The maximum Gasteiger partial charge on any atom is 0.551 e. The lowest BCUT2D eigenvalue weighted by atomic mass is 9.86. The second kappa shape index (κ2) is 4.67. The molecule has 2 fully saturated rings. The van der Waals surface area contributed by atoms with Gasteiger partial charge in [0.25, 0.3) is 0 Å². The molecule has 2 nitrogen and oxygen atoms in total. The average Bonchev–Trinajstić information content (AvgIpc) is 2.46. The summed E-state index contributed by atoms with van der Waals surface area (Å²) in [6.07, 6.45) is 6.50. The highest BCUT2D eigenvalue weighted by Gasteiger charge is 2.50. The summed E-state index contributed by atoms with van der Waals surface area (Å²) in [7, 11) is -0.345. The zero-order valence-electron chi connectivity index (χ0n) is 11.5. The predicted octanol–water partition coefficient (Wildman–Crippen LogP) is 3.20. The van der Waals surface area contributed by atoms with Crippen LogP contribution in [0.4, 0.5) is 0 Å². The van der Waals surface area contributed by atoms with E-state index in [1.165, 1.54) is 32.1 Å². The van der Waals surface area contributed by atoms with Gasteiger partial charge in [-0.3, -0.25) is 0 Å². The molecule has 1 saturated carbocycles. The molecule has 0 N–H and O–H groups in total. The normalized spacial score (nSPS) is 27.6. The van der Waals surface area contributed by atoms with Gasteiger partial charge in [0.2, 0.25) is 0 Å². The molecule has 0 spiro atoms. The first-order valence-corrected chi connectivity index (χ1v) is 6.77. The second-order valence-electron chi connectivity index (χ2n) is 6.21. The fourth-order valence-corrected chi connectivity index (χ4v) is 2.33. The molecule has 0 atom stereocenters. The molecular weight excluding hydrogens is 211 g/mol. The molecule has 0 bridgehead atoms. The first-order valence-electron chi connectivity index (χ1n) is 6.77. The van der Waals surface area contributed by atoms with Crippen molar-refractivity contribution < 1.29 is 9.31 Å². The summed E-state index contributed by atoms with van der Waals surface area (Å²) in [5.74, 6) is 7.07. The smallest absolute Gasteiger partial charge is 0.392 e. The van der Waals surface area contributed by atoms with Crippen LogP contribution in [-0.4, -0.2) is 18.3 Å². The highest BCUT2D eigenvalue weighted by molar-refractivity contribution is 6.55. The van der Waals surface area contributed by atoms with Crippen LogP contribution in [0.5, 0.6) is 0 Å². The van der Waals surface area contributed by atoms with Gasteiger partial charge in [0.15, 0.2) is 0 Å². The molecule has 1 heterocycles. The summed E-state index contributed by atoms with van der Waals surface area (Å²) < 4.78 is 11.7. The molecule has 1 saturated heterocycles. The third-order valence-electron chi connectivity index (χ3n) is 4.26. The lowest BCUT2D eigenvalue weighted by Crippen LogP contribution is -2.41. The fraction of sp³-hybridized carbons (Fsp3) is 0.857. The van der Waals surface area contributed by atoms with Crippen LogP contribution in [0.3, 0.4) is 0 Å². The maximum atomic E-state index is 5.86. The molecule has 2 rings (SSSR count). The van der Waals surface area contributed by atoms with E-state index in [9.17, 15) is 0 Å². The van der Waals surface area contributed by atoms with Crippen molar-refractivity contribution >= 4 is 7.12 Å². The van der Waals surface area contributed by atoms with Crippen molar-refractivity contribution in [1.82, 2.24) is 0 Å². The van der Waals surface area contributed by atoms with Gasteiger partial charge in [-0.05, 0) is 40.5 Å². The molecule has 1 aliphatic heterocycles. The summed E-state index contributed by atoms with van der Waals surface area (Å²) in [6.45, 7) is 8.26. The monoisotopic (exact) mass is 234 g/mol. The van der Waals surface area contributed by atoms with Gasteiger partial charge in [-0.2, -0.15) is 0 Å². The Balaban J connectivity index is 1.95. The van der Waals surface area contributed by atoms with E-state index in [-0.39, 0.29) is 18.3 Å². The van der Waals surface area contributed by atoms with Gasteiger partial charge >= 0.3 is 7.12 Å². The Morgan fingerprint density at radius 3 is 2.00 bits per heavy atom. The van der Waals surface area contributed by atoms with E-state index in [0.29, 0.717) is 5.92 Å². The third-order valence-corrected chi connectivity index (χ3v) is 4.26. The Hall–Kier alpha value is -0.455. The summed E-state index contributed by atoms with van der Waals surface area (Å²) in [4.78, 5) is 0. The van der Waals surface area contributed by atoms with Crippen molar-refractivity contribution in [2.75, 3.05) is 0 Å². The SMILES string of the molecule is CC1(C)OB(C#CC2CCCCC2)OC1(C)C. The van der Waals surface area contributed by atoms with Gasteiger partial charge in [0, 0.05) is 5.92 Å². The Morgan fingerprint density at radius 1 is 0.941 bits per heavy atom. The second-order valence-corrected chi connectivity index (χ2v) is 6.21. The summed E-state index contributed by atoms with van der Waals surface area (Å²) in [5, 5.41) is 0. The molecule has 0 aromatic carbocycles. The van der Waals surface area contributed by atoms with Crippen LogP contribution in [0.15, 0.2) is 0 Å². The molecule has 17 heavy (non-hydrogen) atoms. The minimum absolute atomic E-state index is 0.265. The standard InChI is InChI=1S/C14H23BO2/c1-13(2)14(3,4)17-15(16-13)11-10-12-8-6-5-7-9-12/h12H,5-9H2,1-4H3. The molecule has 0 unspecified atom stereocenters. The average molecular weight is 234 g/mol. The van der Waals surface area contributed by atoms with Gasteiger partial charge in [0.1, 0.15) is 0 Å². The van der Waals surface area contributed by atoms with Crippen molar-refractivity contribution in [2.24, 2.45) is 5.92 Å². The summed E-state index contributed by atoms with van der Waals surface area (Å²) in [6, 6.07) is 0. The van der Waals surface area contributed by atoms with Gasteiger partial charge < -0.3 is 9.31 Å². The topological polar surface area (TPSA) is 18.5 Å². The molecule has 0 aromatic rings. The zero-order chi connectivity index (χ0) is 12.5. The minimum Gasteiger partial charge on any atom is -0.392 e. The Labute approximate surface area is 106 Å². The largest absolute Gasteiger partial charge is 0.551 e. The van der Waals surface area contributed by atoms with E-state index in [0.717, 1.165) is 0 Å². The van der Waals surface area contributed by atoms with Gasteiger partial charge in [0.05, 0.1) is 11.2 Å². The van der Waals surface area contributed by atoms with Crippen molar-refractivity contribution in [2.45, 2.75) is 71.0 Å². The molecule has 3 heteroatoms. The van der Waals surface area contributed by atoms with Gasteiger partial charge in [-0.1, -0.05) is 25.1 Å². The van der Waals surface area contributed by atoms with E-state index >= 15 is 0 Å². The van der Waals surface area contributed by atoms with Crippen LogP contribution in [0.25, 0.3) is 0 Å². The van der Waals surface area contributed by atoms with E-state index in [1.807, 2.05) is 0 Å². The van der Waals surface area contributed by atoms with Crippen LogP contribution in [-0.2, 0) is 9.31 Å². The molecular formula is C14H23BO2. The molecule has 2 aliphatic rings. The molecule has 0 aromatic heterocycles. The lowest BCUT2D eigenvalue weighted by Gasteiger charge is -2.32. The van der Waals surface area contributed by atoms with Crippen molar-refractivity contribution in [1.29, 1.82) is 0 Å². The van der Waals surface area contributed by atoms with Crippen LogP contribution < -0.4 is 0 Å². The number of hydrogen-bond acceptors (Lipinski definition) is 2. The van der Waals surface area contributed by atoms with Crippen LogP contribution >= 0.6 is 0 Å². The fourth-order valence-electron chi connectivity index (χ4n) is 2.33. The van der Waals surface area contributed by atoms with Crippen LogP contribution in [0.2, 0.25) is 0 Å². The Kier molecular flexibility index (Phi) is 3.57. The van der Waals surface area contributed by atoms with Gasteiger partial charge in [-0.25, -0.2) is 0 Å². The van der Waals surface area contributed by atoms with Crippen LogP contribution in [0.1, 0.15) is 59.8 Å². The number of hydrogen-bond donors (Lipinski definition) is 0. The third kappa shape index (κ3) is 2.87. The van der Waals surface area contributed by atoms with Crippen molar-refractivity contribution in [3.8, 4) is 11.7 Å². The van der Waals surface area contributed by atoms with E-state index in [2.05, 4.69) is 39.4 Å². The van der Waals surface area contributed by atoms with E-state index < -0.39 is 0 Å². The summed E-state index contributed by atoms with van der Waals surface area (Å²) in [5.41, 5.74) is -0.530. The zero-order valence-corrected chi connectivity index (χ0v) is 11.5. The van der Waals surface area contributed by atoms with E-state index in [1.54, 1.807) is 0 Å². The van der Waals surface area contributed by atoms with Crippen molar-refractivity contribution in [3.05, 3.63) is 0 Å². The van der Waals surface area contributed by atoms with Crippen LogP contribution in [0, 0.1) is 17.7 Å². The molecule has 0 radical (unpaired) electrons. The summed E-state index contributed by atoms with van der Waals surface area (Å²) >= 11 is 0. The Morgan fingerprint density at radius 2 is 1.47 bits per heavy atom. The van der Waals surface area contributed by atoms with Crippen molar-refractivity contribution in [3.63, 3.8) is 0 Å². The van der Waals surface area contributed by atoms with E-state index in [4.69, 9.17) is 9.31 Å². The molecule has 94 valence electrons. The lowest BCUT2D eigenvalue weighted by molar-refractivity contribution is 0.00578. The highest BCUT2D eigenvalue weighted by Crippen LogP contribution is 2.36. The van der Waals surface area contributed by atoms with Gasteiger partial charge in [-0.15, -0.1) is 5.92 Å². The predicted molar refractivity (Wildman–Crippen MR) is 70.4 cm³/mol. The Bertz CT molecular complexity index is 316. The highest BCUT2D eigenvalue weighted by atomic mass is 16.7. The molecule has 1 aliphatic carbocycles. The quantitative estimate of drug-likeness (QED) is 0.473. The minimum atomic E-state index is -0.345.